The fourth-order valence-corrected chi connectivity index (χ4v) is 1.92. The molecule has 0 aliphatic heterocycles. The van der Waals surface area contributed by atoms with Gasteiger partial charge in [-0.1, -0.05) is 36.0 Å². The van der Waals surface area contributed by atoms with E-state index in [9.17, 15) is 4.79 Å². The number of hydrogen-bond acceptors (Lipinski definition) is 3. The highest BCUT2D eigenvalue weighted by Gasteiger charge is 2.08. The Morgan fingerprint density at radius 1 is 1.53 bits per heavy atom. The van der Waals surface area contributed by atoms with Crippen molar-refractivity contribution < 1.29 is 9.53 Å². The predicted molar refractivity (Wildman–Crippen MR) is 62.7 cm³/mol. The van der Waals surface area contributed by atoms with Crippen LogP contribution in [0.25, 0.3) is 0 Å². The van der Waals surface area contributed by atoms with Crippen molar-refractivity contribution in [3.63, 3.8) is 0 Å². The van der Waals surface area contributed by atoms with E-state index < -0.39 is 0 Å². The van der Waals surface area contributed by atoms with E-state index in [-0.39, 0.29) is 17.8 Å². The summed E-state index contributed by atoms with van der Waals surface area (Å²) in [5.74, 6) is -0.235. The molecule has 0 saturated carbocycles. The van der Waals surface area contributed by atoms with Gasteiger partial charge >= 0.3 is 5.97 Å². The van der Waals surface area contributed by atoms with Crippen LogP contribution in [0, 0.1) is 0 Å². The summed E-state index contributed by atoms with van der Waals surface area (Å²) in [6.07, 6.45) is 1.81. The first-order valence-electron chi connectivity index (χ1n) is 4.74. The van der Waals surface area contributed by atoms with Crippen molar-refractivity contribution in [1.29, 1.82) is 0 Å². The van der Waals surface area contributed by atoms with E-state index >= 15 is 0 Å². The zero-order valence-corrected chi connectivity index (χ0v) is 9.50. The van der Waals surface area contributed by atoms with Gasteiger partial charge in [0.05, 0.1) is 6.42 Å². The Morgan fingerprint density at radius 2 is 2.20 bits per heavy atom. The molecule has 1 rings (SSSR count). The molecule has 0 heterocycles. The largest absolute Gasteiger partial charge is 0.451 e. The molecule has 0 spiro atoms. The van der Waals surface area contributed by atoms with Crippen LogP contribution in [0.3, 0.4) is 0 Å². The normalized spacial score (nSPS) is 11.8. The van der Waals surface area contributed by atoms with Gasteiger partial charge in [0, 0.05) is 4.90 Å². The van der Waals surface area contributed by atoms with Gasteiger partial charge in [-0.05, 0) is 19.1 Å². The zero-order chi connectivity index (χ0) is 11.1. The average Bonchev–Trinajstić information content (AvgIpc) is 2.19. The Bertz CT molecular complexity index is 322. The lowest BCUT2D eigenvalue weighted by Gasteiger charge is -2.11. The van der Waals surface area contributed by atoms with Crippen molar-refractivity contribution in [3.05, 3.63) is 43.0 Å². The minimum Gasteiger partial charge on any atom is -0.451 e. The number of ether oxygens (including phenoxy) is 1. The summed E-state index contributed by atoms with van der Waals surface area (Å²) in [6, 6.07) is 9.85. The van der Waals surface area contributed by atoms with Crippen LogP contribution >= 0.6 is 11.8 Å². The molecule has 0 radical (unpaired) electrons. The maximum absolute atomic E-state index is 11.1. The van der Waals surface area contributed by atoms with Crippen LogP contribution in [0.1, 0.15) is 13.3 Å². The maximum Gasteiger partial charge on any atom is 0.310 e. The second-order valence-electron chi connectivity index (χ2n) is 2.98. The summed E-state index contributed by atoms with van der Waals surface area (Å²) in [7, 11) is 0. The van der Waals surface area contributed by atoms with E-state index in [0.29, 0.717) is 0 Å². The molecule has 0 bridgehead atoms. The van der Waals surface area contributed by atoms with Crippen molar-refractivity contribution in [2.45, 2.75) is 23.7 Å². The van der Waals surface area contributed by atoms with E-state index in [4.69, 9.17) is 4.74 Å². The summed E-state index contributed by atoms with van der Waals surface area (Å²) >= 11 is 1.52. The van der Waals surface area contributed by atoms with E-state index in [0.717, 1.165) is 4.90 Å². The van der Waals surface area contributed by atoms with Gasteiger partial charge in [0.2, 0.25) is 0 Å². The van der Waals surface area contributed by atoms with Gasteiger partial charge in [0.1, 0.15) is 5.44 Å². The molecular formula is C12H14O2S. The van der Waals surface area contributed by atoms with E-state index in [1.807, 2.05) is 37.3 Å². The standard InChI is InChI=1S/C12H14O2S/c1-3-7-12(13)14-10(2)15-11-8-5-4-6-9-11/h3-6,8-10H,1,7H2,2H3. The third kappa shape index (κ3) is 4.70. The molecule has 1 aromatic rings. The van der Waals surface area contributed by atoms with Gasteiger partial charge in [0.15, 0.2) is 0 Å². The first-order chi connectivity index (χ1) is 7.22. The van der Waals surface area contributed by atoms with Crippen molar-refractivity contribution in [2.75, 3.05) is 0 Å². The number of rotatable bonds is 5. The number of hydrogen-bond donors (Lipinski definition) is 0. The van der Waals surface area contributed by atoms with E-state index in [2.05, 4.69) is 6.58 Å². The Kier molecular flexibility index (Phi) is 4.98. The van der Waals surface area contributed by atoms with Crippen LogP contribution < -0.4 is 0 Å². The summed E-state index contributed by atoms with van der Waals surface area (Å²) in [6.45, 7) is 5.34. The highest BCUT2D eigenvalue weighted by atomic mass is 32.2. The molecule has 3 heteroatoms. The molecule has 1 atom stereocenters. The Balaban J connectivity index is 2.39. The summed E-state index contributed by atoms with van der Waals surface area (Å²) in [4.78, 5) is 12.2. The van der Waals surface area contributed by atoms with Gasteiger partial charge in [-0.15, -0.1) is 6.58 Å². The highest BCUT2D eigenvalue weighted by molar-refractivity contribution is 7.99. The highest BCUT2D eigenvalue weighted by Crippen LogP contribution is 2.23. The van der Waals surface area contributed by atoms with Crippen LogP contribution in [0.5, 0.6) is 0 Å². The lowest BCUT2D eigenvalue weighted by Crippen LogP contribution is -2.10. The van der Waals surface area contributed by atoms with Crippen LogP contribution in [-0.2, 0) is 9.53 Å². The van der Waals surface area contributed by atoms with Crippen molar-refractivity contribution >= 4 is 17.7 Å². The van der Waals surface area contributed by atoms with Crippen LogP contribution in [0.15, 0.2) is 47.9 Å². The molecule has 0 N–H and O–H groups in total. The van der Waals surface area contributed by atoms with Crippen LogP contribution in [-0.4, -0.2) is 11.4 Å². The number of carbonyl (C=O) groups excluding carboxylic acids is 1. The Hall–Kier alpha value is -1.22. The molecule has 0 amide bonds. The van der Waals surface area contributed by atoms with E-state index in [1.165, 1.54) is 11.8 Å². The second kappa shape index (κ2) is 6.30. The molecule has 1 aromatic carbocycles. The molecule has 0 aliphatic carbocycles. The van der Waals surface area contributed by atoms with Crippen LogP contribution in [0.2, 0.25) is 0 Å². The monoisotopic (exact) mass is 222 g/mol. The molecule has 0 fully saturated rings. The summed E-state index contributed by atoms with van der Waals surface area (Å²) in [5.41, 5.74) is -0.167. The lowest BCUT2D eigenvalue weighted by molar-refractivity contribution is -0.143. The molecular weight excluding hydrogens is 208 g/mol. The second-order valence-corrected chi connectivity index (χ2v) is 4.35. The van der Waals surface area contributed by atoms with Gasteiger partial charge in [0.25, 0.3) is 0 Å². The zero-order valence-electron chi connectivity index (χ0n) is 8.68. The lowest BCUT2D eigenvalue weighted by atomic mass is 10.4. The minimum absolute atomic E-state index is 0.167. The fraction of sp³-hybridized carbons (Fsp3) is 0.250. The predicted octanol–water partition coefficient (Wildman–Crippen LogP) is 3.24. The number of carbonyl (C=O) groups is 1. The third-order valence-corrected chi connectivity index (χ3v) is 2.63. The molecule has 80 valence electrons. The molecule has 0 saturated heterocycles. The topological polar surface area (TPSA) is 26.3 Å². The minimum atomic E-state index is -0.235. The molecule has 0 aromatic heterocycles. The molecule has 1 unspecified atom stereocenters. The Labute approximate surface area is 94.3 Å². The molecule has 15 heavy (non-hydrogen) atoms. The quantitative estimate of drug-likeness (QED) is 0.331. The Morgan fingerprint density at radius 3 is 2.80 bits per heavy atom. The average molecular weight is 222 g/mol. The SMILES string of the molecule is C=CCC(=O)OC(C)Sc1ccccc1. The van der Waals surface area contributed by atoms with Crippen molar-refractivity contribution in [3.8, 4) is 0 Å². The molecule has 2 nitrogen and oxygen atoms in total. The number of thioether (sulfide) groups is 1. The summed E-state index contributed by atoms with van der Waals surface area (Å²) in [5, 5.41) is 0. The van der Waals surface area contributed by atoms with E-state index in [1.54, 1.807) is 6.08 Å². The van der Waals surface area contributed by atoms with Gasteiger partial charge < -0.3 is 4.74 Å². The molecule has 0 aliphatic rings. The van der Waals surface area contributed by atoms with Gasteiger partial charge in [-0.3, -0.25) is 4.79 Å². The maximum atomic E-state index is 11.1. The number of esters is 1. The first kappa shape index (κ1) is 11.9. The van der Waals surface area contributed by atoms with Crippen LogP contribution in [0.4, 0.5) is 0 Å². The third-order valence-electron chi connectivity index (χ3n) is 1.65. The van der Waals surface area contributed by atoms with Crippen molar-refractivity contribution in [2.24, 2.45) is 0 Å². The van der Waals surface area contributed by atoms with Gasteiger partial charge in [-0.25, -0.2) is 0 Å². The smallest absolute Gasteiger partial charge is 0.310 e. The fourth-order valence-electron chi connectivity index (χ4n) is 1.07. The van der Waals surface area contributed by atoms with Gasteiger partial charge in [-0.2, -0.15) is 0 Å². The number of benzene rings is 1. The summed E-state index contributed by atoms with van der Waals surface area (Å²) < 4.78 is 5.15. The first-order valence-corrected chi connectivity index (χ1v) is 5.62. The van der Waals surface area contributed by atoms with Crippen molar-refractivity contribution in [1.82, 2.24) is 0 Å².